The summed E-state index contributed by atoms with van der Waals surface area (Å²) >= 11 is 0.265. The van der Waals surface area contributed by atoms with Crippen LogP contribution in [0.2, 0.25) is 0 Å². The number of esters is 2. The van der Waals surface area contributed by atoms with E-state index < -0.39 is 80.4 Å². The topological polar surface area (TPSA) is 151 Å². The minimum Gasteiger partial charge on any atom is -0.462 e. The molecule has 4 amide bonds. The number of halogens is 8. The Labute approximate surface area is 312 Å². The van der Waals surface area contributed by atoms with E-state index in [1.54, 1.807) is 27.7 Å². The highest BCUT2D eigenvalue weighted by atomic mass is 32.1. The van der Waals surface area contributed by atoms with Crippen molar-refractivity contribution in [1.82, 2.24) is 9.80 Å². The number of amides is 4. The molecule has 2 N–H and O–H groups in total. The van der Waals surface area contributed by atoms with Gasteiger partial charge in [0.05, 0.1) is 34.1 Å². The first-order valence-corrected chi connectivity index (χ1v) is 17.9. The molecule has 0 bridgehead atoms. The van der Waals surface area contributed by atoms with Gasteiger partial charge in [-0.1, -0.05) is 0 Å². The van der Waals surface area contributed by atoms with E-state index >= 15 is 35.1 Å². The number of carbonyl (C=O) groups excluding carboxylic acids is 6. The highest BCUT2D eigenvalue weighted by molar-refractivity contribution is 7.19. The molecule has 12 nitrogen and oxygen atoms in total. The molecule has 0 aliphatic carbocycles. The maximum atomic E-state index is 15.1. The molecule has 2 aromatic heterocycles. The summed E-state index contributed by atoms with van der Waals surface area (Å²) in [6.07, 6.45) is 0. The van der Waals surface area contributed by atoms with E-state index in [0.717, 1.165) is 24.5 Å². The van der Waals surface area contributed by atoms with Gasteiger partial charge in [0.2, 0.25) is 0 Å². The molecule has 0 saturated heterocycles. The Morgan fingerprint density at radius 1 is 0.556 bits per heavy atom. The summed E-state index contributed by atoms with van der Waals surface area (Å²) in [6.45, 7) is 10.9. The first-order valence-electron chi connectivity index (χ1n) is 16.2. The van der Waals surface area contributed by atoms with Crippen LogP contribution in [0.5, 0.6) is 0 Å². The summed E-state index contributed by atoms with van der Waals surface area (Å²) in [4.78, 5) is 78.3. The van der Waals surface area contributed by atoms with Crippen molar-refractivity contribution >= 4 is 68.2 Å². The maximum absolute atomic E-state index is 15.1. The molecule has 0 fully saturated rings. The van der Waals surface area contributed by atoms with Gasteiger partial charge in [0.1, 0.15) is 10.0 Å². The molecule has 0 spiro atoms. The van der Waals surface area contributed by atoms with Gasteiger partial charge in [0.15, 0.2) is 0 Å². The van der Waals surface area contributed by atoms with Crippen LogP contribution in [-0.4, -0.2) is 108 Å². The average molecular weight is 823 g/mol. The Hall–Kier alpha value is -4.34. The zero-order valence-electron chi connectivity index (χ0n) is 30.2. The molecule has 2 rings (SSSR count). The largest absolute Gasteiger partial charge is 0.462 e. The van der Waals surface area contributed by atoms with Crippen LogP contribution >= 0.6 is 22.7 Å². The second-order valence-corrected chi connectivity index (χ2v) is 13.2. The van der Waals surface area contributed by atoms with Crippen molar-refractivity contribution in [3.05, 3.63) is 32.0 Å². The highest BCUT2D eigenvalue weighted by Gasteiger charge is 2.84. The molecular weight excluding hydrogens is 784 g/mol. The van der Waals surface area contributed by atoms with Crippen molar-refractivity contribution in [2.24, 2.45) is 0 Å². The quantitative estimate of drug-likeness (QED) is 0.130. The molecule has 302 valence electrons. The molecule has 0 aromatic carbocycles. The van der Waals surface area contributed by atoms with E-state index in [2.05, 4.69) is 0 Å². The third kappa shape index (κ3) is 8.18. The summed E-state index contributed by atoms with van der Waals surface area (Å²) in [5.74, 6) is -39.0. The lowest BCUT2D eigenvalue weighted by molar-refractivity contribution is -0.345. The van der Waals surface area contributed by atoms with Gasteiger partial charge in [-0.15, -0.1) is 22.7 Å². The van der Waals surface area contributed by atoms with Crippen molar-refractivity contribution < 1.29 is 73.4 Å². The fourth-order valence-corrected chi connectivity index (χ4v) is 7.18. The van der Waals surface area contributed by atoms with Crippen LogP contribution in [-0.2, 0) is 19.1 Å². The summed E-state index contributed by atoms with van der Waals surface area (Å²) in [6, 6.07) is 0. The standard InChI is InChI=1S/C32H38F8N4O8S2/c1-9-43(10-2)23(45)19-15(7)17(25(47)51-13-5)21(53-19)41-27(49)29(33,34)31(37,38)32(39,40)30(35,36)28(50)42-22-18(26(48)52-14-6)16(8)20(54-22)24(46)44(11-3)12-4/h9-14H2,1-8H3,(H,41,49)(H,42,50). The molecular formula is C32H38F8N4O8S2. The number of alkyl halides is 8. The predicted molar refractivity (Wildman–Crippen MR) is 182 cm³/mol. The Balaban J connectivity index is 2.60. The van der Waals surface area contributed by atoms with Gasteiger partial charge in [-0.05, 0) is 66.5 Å². The minimum absolute atomic E-state index is 0.107. The fraction of sp³-hybridized carbons (Fsp3) is 0.562. The minimum atomic E-state index is -7.33. The molecule has 0 unspecified atom stereocenters. The van der Waals surface area contributed by atoms with Gasteiger partial charge in [-0.2, -0.15) is 35.1 Å². The van der Waals surface area contributed by atoms with Crippen molar-refractivity contribution in [2.45, 2.75) is 79.1 Å². The third-order valence-corrected chi connectivity index (χ3v) is 10.3. The van der Waals surface area contributed by atoms with E-state index in [1.165, 1.54) is 23.6 Å². The Kier molecular flexibility index (Phi) is 14.8. The monoisotopic (exact) mass is 822 g/mol. The Bertz CT molecular complexity index is 1650. The van der Waals surface area contributed by atoms with Crippen LogP contribution in [0.15, 0.2) is 0 Å². The first kappa shape index (κ1) is 45.8. The third-order valence-electron chi connectivity index (χ3n) is 7.95. The zero-order chi connectivity index (χ0) is 41.7. The normalized spacial score (nSPS) is 12.2. The van der Waals surface area contributed by atoms with Crippen LogP contribution in [0.4, 0.5) is 45.1 Å². The van der Waals surface area contributed by atoms with Crippen LogP contribution in [0.1, 0.15) is 92.7 Å². The van der Waals surface area contributed by atoms with Crippen molar-refractivity contribution in [3.8, 4) is 0 Å². The molecule has 2 heterocycles. The highest BCUT2D eigenvalue weighted by Crippen LogP contribution is 2.53. The maximum Gasteiger partial charge on any atom is 0.393 e. The summed E-state index contributed by atoms with van der Waals surface area (Å²) in [5.41, 5.74) is -2.07. The van der Waals surface area contributed by atoms with E-state index in [-0.39, 0.29) is 82.9 Å². The van der Waals surface area contributed by atoms with Gasteiger partial charge < -0.3 is 29.9 Å². The van der Waals surface area contributed by atoms with Gasteiger partial charge in [-0.25, -0.2) is 9.59 Å². The number of thiophene rings is 2. The number of hydrogen-bond donors (Lipinski definition) is 2. The molecule has 54 heavy (non-hydrogen) atoms. The number of hydrogen-bond acceptors (Lipinski definition) is 10. The molecule has 0 atom stereocenters. The van der Waals surface area contributed by atoms with Crippen LogP contribution in [0.3, 0.4) is 0 Å². The van der Waals surface area contributed by atoms with Crippen LogP contribution in [0, 0.1) is 13.8 Å². The lowest BCUT2D eigenvalue weighted by Crippen LogP contribution is -2.67. The lowest BCUT2D eigenvalue weighted by Gasteiger charge is -2.35. The molecule has 2 aromatic rings. The second kappa shape index (κ2) is 17.4. The molecule has 0 aliphatic rings. The smallest absolute Gasteiger partial charge is 0.393 e. The molecule has 0 saturated carbocycles. The predicted octanol–water partition coefficient (Wildman–Crippen LogP) is 6.86. The van der Waals surface area contributed by atoms with E-state index in [9.17, 15) is 28.8 Å². The fourth-order valence-electron chi connectivity index (χ4n) is 4.86. The molecule has 0 aliphatic heterocycles. The Morgan fingerprint density at radius 3 is 1.07 bits per heavy atom. The van der Waals surface area contributed by atoms with E-state index in [1.807, 2.05) is 0 Å². The van der Waals surface area contributed by atoms with E-state index in [0.29, 0.717) is 0 Å². The summed E-state index contributed by atoms with van der Waals surface area (Å²) in [5, 5.41) is 0.280. The van der Waals surface area contributed by atoms with Crippen LogP contribution in [0.25, 0.3) is 0 Å². The van der Waals surface area contributed by atoms with Gasteiger partial charge >= 0.3 is 47.4 Å². The van der Waals surface area contributed by atoms with Gasteiger partial charge in [0.25, 0.3) is 11.8 Å². The number of rotatable bonds is 17. The summed E-state index contributed by atoms with van der Waals surface area (Å²) in [7, 11) is 0. The average Bonchev–Trinajstić information content (AvgIpc) is 3.60. The van der Waals surface area contributed by atoms with E-state index in [4.69, 9.17) is 9.47 Å². The zero-order valence-corrected chi connectivity index (χ0v) is 31.9. The number of carbonyl (C=O) groups is 6. The number of ether oxygens (including phenoxy) is 2. The molecule has 22 heteroatoms. The molecule has 0 radical (unpaired) electrons. The number of nitrogens with one attached hydrogen (secondary N) is 2. The van der Waals surface area contributed by atoms with Crippen molar-refractivity contribution in [2.75, 3.05) is 50.0 Å². The van der Waals surface area contributed by atoms with Crippen molar-refractivity contribution in [3.63, 3.8) is 0 Å². The SMILES string of the molecule is CCOC(=O)c1c(NC(=O)C(F)(F)C(F)(F)C(F)(F)C(F)(F)C(=O)Nc2sc(C(=O)N(CC)CC)c(C)c2C(=O)OCC)sc(C(=O)N(CC)CC)c1C. The number of nitrogens with zero attached hydrogens (tertiary/aromatic N) is 2. The first-order chi connectivity index (χ1) is 24.9. The second-order valence-electron chi connectivity index (χ2n) is 11.1. The van der Waals surface area contributed by atoms with Gasteiger partial charge in [-0.3, -0.25) is 19.2 Å². The Morgan fingerprint density at radius 2 is 0.833 bits per heavy atom. The lowest BCUT2D eigenvalue weighted by atomic mass is 9.97. The van der Waals surface area contributed by atoms with Crippen molar-refractivity contribution in [1.29, 1.82) is 0 Å². The number of anilines is 2. The summed E-state index contributed by atoms with van der Waals surface area (Å²) < 4.78 is 130. The van der Waals surface area contributed by atoms with Crippen LogP contribution < -0.4 is 10.6 Å². The van der Waals surface area contributed by atoms with Gasteiger partial charge in [0, 0.05) is 26.2 Å².